The number of ether oxygens (including phenoxy) is 1. The van der Waals surface area contributed by atoms with Crippen molar-refractivity contribution in [1.29, 1.82) is 0 Å². The van der Waals surface area contributed by atoms with Gasteiger partial charge < -0.3 is 4.74 Å². The molecule has 0 aromatic carbocycles. The quantitative estimate of drug-likeness (QED) is 0.779. The highest BCUT2D eigenvalue weighted by molar-refractivity contribution is 9.10. The molecule has 0 aliphatic heterocycles. The summed E-state index contributed by atoms with van der Waals surface area (Å²) in [6, 6.07) is 0. The molecule has 1 aromatic rings. The van der Waals surface area contributed by atoms with Gasteiger partial charge in [-0.05, 0) is 29.6 Å². The predicted molar refractivity (Wildman–Crippen MR) is 45.6 cm³/mol. The Bertz CT molecular complexity index is 406. The van der Waals surface area contributed by atoms with Gasteiger partial charge in [0.2, 0.25) is 0 Å². The van der Waals surface area contributed by atoms with Crippen LogP contribution in [0.1, 0.15) is 24.7 Å². The lowest BCUT2D eigenvalue weighted by Gasteiger charge is -2.03. The number of nitrogens with zero attached hydrogens (tertiary/aromatic N) is 1. The Morgan fingerprint density at radius 1 is 2.10 bits per heavy atom. The summed E-state index contributed by atoms with van der Waals surface area (Å²) in [7, 11) is 0. The number of halogens is 1. The van der Waals surface area contributed by atoms with Gasteiger partial charge in [0, 0.05) is 13.6 Å². The third-order valence-electron chi connectivity index (χ3n) is 0.601. The molecule has 0 unspecified atom stereocenters. The van der Waals surface area contributed by atoms with Crippen LogP contribution in [-0.4, -0.2) is 11.1 Å². The summed E-state index contributed by atoms with van der Waals surface area (Å²) in [6.07, 6.45) is -3.12. The van der Waals surface area contributed by atoms with Crippen molar-refractivity contribution in [2.75, 3.05) is 0 Å². The van der Waals surface area contributed by atoms with Gasteiger partial charge in [-0.2, -0.15) is 4.98 Å². The molecule has 0 saturated carbocycles. The van der Waals surface area contributed by atoms with E-state index in [1.165, 1.54) is 0 Å². The maximum absolute atomic E-state index is 7.58. The molecule has 0 amide bonds. The molecule has 10 heavy (non-hydrogen) atoms. The van der Waals surface area contributed by atoms with Gasteiger partial charge >= 0.3 is 0 Å². The predicted octanol–water partition coefficient (Wildman–Crippen LogP) is 2.69. The van der Waals surface area contributed by atoms with Crippen molar-refractivity contribution >= 4 is 27.3 Å². The summed E-state index contributed by atoms with van der Waals surface area (Å²) in [5, 5.41) is -0.405. The van der Waals surface area contributed by atoms with Gasteiger partial charge in [-0.1, -0.05) is 11.3 Å². The molecule has 0 N–H and O–H groups in total. The van der Waals surface area contributed by atoms with E-state index in [1.54, 1.807) is 0 Å². The first kappa shape index (κ1) is 2.45. The molecule has 1 heterocycles. The van der Waals surface area contributed by atoms with Gasteiger partial charge in [-0.25, -0.2) is 0 Å². The van der Waals surface area contributed by atoms with E-state index >= 15 is 0 Å². The average Bonchev–Trinajstić information content (AvgIpc) is 2.41. The van der Waals surface area contributed by atoms with Crippen LogP contribution in [0.5, 0.6) is 5.19 Å². The second-order valence-corrected chi connectivity index (χ2v) is 2.81. The van der Waals surface area contributed by atoms with Crippen molar-refractivity contribution in [2.24, 2.45) is 0 Å². The van der Waals surface area contributed by atoms with Crippen LogP contribution in [0.15, 0.2) is 9.96 Å². The topological polar surface area (TPSA) is 22.1 Å². The lowest BCUT2D eigenvalue weighted by atomic mass is 10.5. The van der Waals surface area contributed by atoms with Crippen LogP contribution in [-0.2, 0) is 0 Å². The maximum atomic E-state index is 7.58. The molecule has 0 atom stereocenters. The Morgan fingerprint density at radius 2 is 2.90 bits per heavy atom. The first-order valence-electron chi connectivity index (χ1n) is 6.20. The van der Waals surface area contributed by atoms with Crippen molar-refractivity contribution in [3.63, 3.8) is 0 Å². The van der Waals surface area contributed by atoms with Crippen LogP contribution in [0.2, 0.25) is 0 Å². The van der Waals surface area contributed by atoms with Gasteiger partial charge in [0.1, 0.15) is 4.60 Å². The second kappa shape index (κ2) is 3.34. The van der Waals surface area contributed by atoms with E-state index in [0.717, 1.165) is 0 Å². The Hall–Kier alpha value is -0.0900. The zero-order valence-corrected chi connectivity index (χ0v) is 7.04. The summed E-state index contributed by atoms with van der Waals surface area (Å²) >= 11 is 3.55. The first-order chi connectivity index (χ1) is 7.88. The minimum absolute atomic E-state index is 0.0524. The monoisotopic (exact) mass is 229 g/mol. The summed E-state index contributed by atoms with van der Waals surface area (Å²) in [4.78, 5) is 3.63. The highest BCUT2D eigenvalue weighted by Crippen LogP contribution is 2.22. The highest BCUT2D eigenvalue weighted by atomic mass is 79.9. The average molecular weight is 230 g/mol. The molecular weight excluding hydrogens is 214 g/mol. The Balaban J connectivity index is 3.15. The SMILES string of the molecule is [2H]c1sc(OC([2H])(C([2H])([2H])[2H])C([2H])([2H])[2H])nc1Br. The number of rotatable bonds is 2. The fourth-order valence-electron chi connectivity index (χ4n) is 0.343. The van der Waals surface area contributed by atoms with Crippen LogP contribution in [0, 0.1) is 0 Å². The molecule has 1 rings (SSSR count). The van der Waals surface area contributed by atoms with Crippen LogP contribution in [0.3, 0.4) is 0 Å². The van der Waals surface area contributed by atoms with Gasteiger partial charge in [0.15, 0.2) is 0 Å². The smallest absolute Gasteiger partial charge is 0.274 e. The van der Waals surface area contributed by atoms with Gasteiger partial charge in [0.05, 0.1) is 8.82 Å². The number of hydrogen-bond donors (Lipinski definition) is 0. The van der Waals surface area contributed by atoms with Gasteiger partial charge in [-0.3, -0.25) is 0 Å². The molecular formula is C6H8BrNOS. The third kappa shape index (κ3) is 2.27. The molecule has 0 spiro atoms. The van der Waals surface area contributed by atoms with E-state index < -0.39 is 19.8 Å². The van der Waals surface area contributed by atoms with Crippen LogP contribution in [0.25, 0.3) is 0 Å². The minimum Gasteiger partial charge on any atom is -0.467 e. The molecule has 0 bridgehead atoms. The Morgan fingerprint density at radius 3 is 3.40 bits per heavy atom. The number of aromatic nitrogens is 1. The van der Waals surface area contributed by atoms with Crippen molar-refractivity contribution < 1.29 is 15.7 Å². The lowest BCUT2D eigenvalue weighted by molar-refractivity contribution is 0.241. The molecule has 0 aliphatic rings. The van der Waals surface area contributed by atoms with Crippen molar-refractivity contribution in [3.8, 4) is 5.19 Å². The fourth-order valence-corrected chi connectivity index (χ4v) is 1.34. The third-order valence-corrected chi connectivity index (χ3v) is 1.88. The van der Waals surface area contributed by atoms with E-state index in [-0.39, 0.29) is 15.2 Å². The molecule has 0 saturated heterocycles. The van der Waals surface area contributed by atoms with E-state index in [2.05, 4.69) is 20.9 Å². The second-order valence-electron chi connectivity index (χ2n) is 1.30. The van der Waals surface area contributed by atoms with E-state index in [0.29, 0.717) is 11.3 Å². The number of hydrogen-bond acceptors (Lipinski definition) is 3. The zero-order valence-electron chi connectivity index (χ0n) is 12.6. The highest BCUT2D eigenvalue weighted by Gasteiger charge is 2.01. The summed E-state index contributed by atoms with van der Waals surface area (Å²) < 4.78 is 62.5. The van der Waals surface area contributed by atoms with Crippen molar-refractivity contribution in [2.45, 2.75) is 19.8 Å². The molecule has 2 nitrogen and oxygen atoms in total. The Labute approximate surface area is 83.6 Å². The van der Waals surface area contributed by atoms with Crippen LogP contribution in [0.4, 0.5) is 0 Å². The molecule has 56 valence electrons. The van der Waals surface area contributed by atoms with Gasteiger partial charge in [0.25, 0.3) is 5.19 Å². The first-order valence-corrected chi connectivity index (χ1v) is 3.81. The van der Waals surface area contributed by atoms with Crippen molar-refractivity contribution in [1.82, 2.24) is 4.98 Å². The minimum atomic E-state index is -3.18. The molecule has 1 aromatic heterocycles. The van der Waals surface area contributed by atoms with Crippen LogP contribution < -0.4 is 4.74 Å². The molecule has 0 radical (unpaired) electrons. The van der Waals surface area contributed by atoms with E-state index in [1.807, 2.05) is 0 Å². The van der Waals surface area contributed by atoms with Gasteiger partial charge in [-0.15, -0.1) is 0 Å². The normalized spacial score (nSPS) is 25.7. The summed E-state index contributed by atoms with van der Waals surface area (Å²) in [6.45, 7) is -6.36. The standard InChI is InChI=1S/C6H8BrNOS/c1-4(2)9-6-8-5(7)3-10-6/h3-4H,1-2H3/i1D3,2D3,3D,4D. The molecule has 0 aliphatic carbocycles. The van der Waals surface area contributed by atoms with E-state index in [4.69, 9.17) is 15.7 Å². The fraction of sp³-hybridized carbons (Fsp3) is 0.500. The molecule has 0 fully saturated rings. The zero-order chi connectivity index (χ0) is 14.4. The molecule has 4 heteroatoms. The van der Waals surface area contributed by atoms with Crippen molar-refractivity contribution in [3.05, 3.63) is 9.96 Å². The lowest BCUT2D eigenvalue weighted by Crippen LogP contribution is -2.04. The maximum Gasteiger partial charge on any atom is 0.274 e. The Kier molecular flexibility index (Phi) is 0.820. The summed E-state index contributed by atoms with van der Waals surface area (Å²) in [5.41, 5.74) is 0. The van der Waals surface area contributed by atoms with E-state index in [9.17, 15) is 0 Å². The largest absolute Gasteiger partial charge is 0.467 e. The number of thiazole rings is 1. The van der Waals surface area contributed by atoms with Crippen LogP contribution >= 0.6 is 27.3 Å². The summed E-state index contributed by atoms with van der Waals surface area (Å²) in [5.74, 6) is 0.